The van der Waals surface area contributed by atoms with Gasteiger partial charge in [-0.05, 0) is 55.3 Å². The maximum atomic E-state index is 5.99. The van der Waals surface area contributed by atoms with Crippen LogP contribution >= 0.6 is 0 Å². The van der Waals surface area contributed by atoms with Crippen molar-refractivity contribution in [2.75, 3.05) is 37.8 Å². The third-order valence-corrected chi connectivity index (χ3v) is 5.46. The zero-order valence-corrected chi connectivity index (χ0v) is 18.7. The molecule has 0 unspecified atom stereocenters. The van der Waals surface area contributed by atoms with Crippen LogP contribution < -0.4 is 9.64 Å². The van der Waals surface area contributed by atoms with Crippen LogP contribution in [0.4, 0.5) is 11.4 Å². The van der Waals surface area contributed by atoms with Crippen LogP contribution in [0, 0.1) is 13.8 Å². The number of pyridine rings is 2. The highest BCUT2D eigenvalue weighted by Crippen LogP contribution is 2.24. The maximum absolute atomic E-state index is 5.99. The third-order valence-electron chi connectivity index (χ3n) is 5.46. The van der Waals surface area contributed by atoms with Crippen LogP contribution in [0.2, 0.25) is 0 Å². The maximum Gasteiger partial charge on any atom is 0.215 e. The van der Waals surface area contributed by atoms with Gasteiger partial charge in [0, 0.05) is 43.2 Å². The number of anilines is 1. The number of benzene rings is 1. The molecule has 1 aliphatic heterocycles. The highest BCUT2D eigenvalue weighted by Gasteiger charge is 2.14. The summed E-state index contributed by atoms with van der Waals surface area (Å²) in [5, 5.41) is 8.77. The van der Waals surface area contributed by atoms with Crippen molar-refractivity contribution in [2.24, 2.45) is 10.2 Å². The lowest BCUT2D eigenvalue weighted by molar-refractivity contribution is 0.122. The van der Waals surface area contributed by atoms with Crippen molar-refractivity contribution >= 4 is 11.4 Å². The van der Waals surface area contributed by atoms with Crippen molar-refractivity contribution in [2.45, 2.75) is 26.8 Å². The molecule has 0 atom stereocenters. The third kappa shape index (κ3) is 6.11. The van der Waals surface area contributed by atoms with E-state index >= 15 is 0 Å². The van der Waals surface area contributed by atoms with Crippen LogP contribution in [0.25, 0.3) is 0 Å². The molecule has 0 radical (unpaired) electrons. The molecule has 0 bridgehead atoms. The monoisotopic (exact) mass is 431 g/mol. The molecule has 32 heavy (non-hydrogen) atoms. The topological polar surface area (TPSA) is 72.2 Å². The van der Waals surface area contributed by atoms with Gasteiger partial charge in [0.05, 0.1) is 31.2 Å². The number of ether oxygens (including phenoxy) is 2. The van der Waals surface area contributed by atoms with Gasteiger partial charge in [0.2, 0.25) is 5.88 Å². The number of hydrogen-bond donors (Lipinski definition) is 0. The minimum absolute atomic E-state index is 0.391. The molecular formula is C25H29N5O2. The Morgan fingerprint density at radius 1 is 1.00 bits per heavy atom. The summed E-state index contributed by atoms with van der Waals surface area (Å²) in [6.07, 6.45) is 2.53. The number of azo groups is 1. The second-order valence-electron chi connectivity index (χ2n) is 7.84. The van der Waals surface area contributed by atoms with E-state index in [2.05, 4.69) is 51.1 Å². The van der Waals surface area contributed by atoms with E-state index in [-0.39, 0.29) is 0 Å². The SMILES string of the molecule is Cc1ccc(N=NCc2cc(N3CCOCC3)cc(OCCc3ccccn3)n2)cc1C. The van der Waals surface area contributed by atoms with Gasteiger partial charge >= 0.3 is 0 Å². The molecule has 2 aromatic heterocycles. The van der Waals surface area contributed by atoms with Gasteiger partial charge in [-0.1, -0.05) is 12.1 Å². The van der Waals surface area contributed by atoms with Gasteiger partial charge in [-0.15, -0.1) is 0 Å². The molecule has 166 valence electrons. The smallest absolute Gasteiger partial charge is 0.215 e. The first-order chi connectivity index (χ1) is 15.7. The Kier molecular flexibility index (Phi) is 7.40. The zero-order chi connectivity index (χ0) is 22.2. The molecule has 0 N–H and O–H groups in total. The molecule has 0 aliphatic carbocycles. The Morgan fingerprint density at radius 3 is 2.66 bits per heavy atom. The second kappa shape index (κ2) is 10.8. The lowest BCUT2D eigenvalue weighted by atomic mass is 10.1. The van der Waals surface area contributed by atoms with Gasteiger partial charge in [0.15, 0.2) is 0 Å². The molecule has 1 aliphatic rings. The van der Waals surface area contributed by atoms with Crippen LogP contribution in [-0.4, -0.2) is 42.9 Å². The number of hydrogen-bond acceptors (Lipinski definition) is 7. The lowest BCUT2D eigenvalue weighted by Gasteiger charge is -2.29. The molecule has 3 heterocycles. The normalized spacial score (nSPS) is 14.1. The summed E-state index contributed by atoms with van der Waals surface area (Å²) in [7, 11) is 0. The average molecular weight is 432 g/mol. The zero-order valence-electron chi connectivity index (χ0n) is 18.7. The molecule has 0 spiro atoms. The molecular weight excluding hydrogens is 402 g/mol. The number of rotatable bonds is 8. The Labute approximate surface area is 189 Å². The minimum Gasteiger partial charge on any atom is -0.477 e. The highest BCUT2D eigenvalue weighted by atomic mass is 16.5. The standard InChI is InChI=1S/C25H29N5O2/c1-19-6-7-22(15-20(19)2)29-27-18-23-16-24(30-10-13-31-14-11-30)17-25(28-23)32-12-8-21-5-3-4-9-26-21/h3-7,9,15-17H,8,10-14,18H2,1-2H3. The van der Waals surface area contributed by atoms with Gasteiger partial charge in [-0.2, -0.15) is 10.2 Å². The Morgan fingerprint density at radius 2 is 1.88 bits per heavy atom. The van der Waals surface area contributed by atoms with E-state index in [1.807, 2.05) is 36.4 Å². The molecule has 3 aromatic rings. The van der Waals surface area contributed by atoms with Gasteiger partial charge < -0.3 is 14.4 Å². The minimum atomic E-state index is 0.391. The molecule has 0 amide bonds. The summed E-state index contributed by atoms with van der Waals surface area (Å²) in [6, 6.07) is 16.0. The van der Waals surface area contributed by atoms with Gasteiger partial charge in [-0.25, -0.2) is 4.98 Å². The molecule has 1 aromatic carbocycles. The van der Waals surface area contributed by atoms with Crippen LogP contribution in [0.5, 0.6) is 5.88 Å². The van der Waals surface area contributed by atoms with E-state index in [9.17, 15) is 0 Å². The van der Waals surface area contributed by atoms with Crippen molar-refractivity contribution in [3.05, 3.63) is 77.2 Å². The van der Waals surface area contributed by atoms with E-state index in [4.69, 9.17) is 9.47 Å². The van der Waals surface area contributed by atoms with Crippen LogP contribution in [-0.2, 0) is 17.7 Å². The number of morpholine rings is 1. The van der Waals surface area contributed by atoms with Crippen LogP contribution in [0.1, 0.15) is 22.5 Å². The molecule has 7 heteroatoms. The fraction of sp³-hybridized carbons (Fsp3) is 0.360. The Balaban J connectivity index is 1.47. The second-order valence-corrected chi connectivity index (χ2v) is 7.84. The number of nitrogens with zero attached hydrogens (tertiary/aromatic N) is 5. The molecule has 7 nitrogen and oxygen atoms in total. The first-order valence-electron chi connectivity index (χ1n) is 11.0. The average Bonchev–Trinajstić information content (AvgIpc) is 2.83. The fourth-order valence-electron chi connectivity index (χ4n) is 3.49. The predicted octanol–water partition coefficient (Wildman–Crippen LogP) is 4.84. The summed E-state index contributed by atoms with van der Waals surface area (Å²) in [5.74, 6) is 0.598. The van der Waals surface area contributed by atoms with Crippen molar-refractivity contribution < 1.29 is 9.47 Å². The quantitative estimate of drug-likeness (QED) is 0.478. The van der Waals surface area contributed by atoms with E-state index in [1.54, 1.807) is 6.20 Å². The van der Waals surface area contributed by atoms with Gasteiger partial charge in [0.1, 0.15) is 6.54 Å². The lowest BCUT2D eigenvalue weighted by Crippen LogP contribution is -2.36. The van der Waals surface area contributed by atoms with E-state index < -0.39 is 0 Å². The largest absolute Gasteiger partial charge is 0.477 e. The van der Waals surface area contributed by atoms with E-state index in [1.165, 1.54) is 11.1 Å². The van der Waals surface area contributed by atoms with Crippen molar-refractivity contribution in [3.63, 3.8) is 0 Å². The highest BCUT2D eigenvalue weighted by molar-refractivity contribution is 5.50. The van der Waals surface area contributed by atoms with Gasteiger partial charge in [-0.3, -0.25) is 4.98 Å². The number of aromatic nitrogens is 2. The van der Waals surface area contributed by atoms with Crippen molar-refractivity contribution in [3.8, 4) is 5.88 Å². The Bertz CT molecular complexity index is 1050. The predicted molar refractivity (Wildman–Crippen MR) is 125 cm³/mol. The molecule has 1 saturated heterocycles. The van der Waals surface area contributed by atoms with Crippen molar-refractivity contribution in [1.29, 1.82) is 0 Å². The number of aryl methyl sites for hydroxylation is 2. The van der Waals surface area contributed by atoms with E-state index in [0.29, 0.717) is 19.0 Å². The summed E-state index contributed by atoms with van der Waals surface area (Å²) >= 11 is 0. The summed E-state index contributed by atoms with van der Waals surface area (Å²) in [4.78, 5) is 11.3. The molecule has 0 saturated carbocycles. The Hall–Kier alpha value is -3.32. The summed E-state index contributed by atoms with van der Waals surface area (Å²) in [6.45, 7) is 8.22. The van der Waals surface area contributed by atoms with Crippen molar-refractivity contribution in [1.82, 2.24) is 9.97 Å². The summed E-state index contributed by atoms with van der Waals surface area (Å²) < 4.78 is 11.5. The summed E-state index contributed by atoms with van der Waals surface area (Å²) in [5.41, 5.74) is 6.21. The van der Waals surface area contributed by atoms with Crippen LogP contribution in [0.3, 0.4) is 0 Å². The fourth-order valence-corrected chi connectivity index (χ4v) is 3.49. The molecule has 1 fully saturated rings. The first kappa shape index (κ1) is 21.9. The molecule has 4 rings (SSSR count). The first-order valence-corrected chi connectivity index (χ1v) is 11.0. The van der Waals surface area contributed by atoms with E-state index in [0.717, 1.165) is 55.5 Å². The van der Waals surface area contributed by atoms with Gasteiger partial charge in [0.25, 0.3) is 0 Å². The van der Waals surface area contributed by atoms with Crippen LogP contribution in [0.15, 0.2) is 65.0 Å².